The molecule has 3 rings (SSSR count). The van der Waals surface area contributed by atoms with Gasteiger partial charge in [0.15, 0.2) is 0 Å². The van der Waals surface area contributed by atoms with Gasteiger partial charge in [0.25, 0.3) is 0 Å². The van der Waals surface area contributed by atoms with Crippen LogP contribution in [0.4, 0.5) is 0 Å². The molecule has 0 radical (unpaired) electrons. The Balaban J connectivity index is 1.86. The molecule has 110 valence electrons. The molecule has 2 heteroatoms. The summed E-state index contributed by atoms with van der Waals surface area (Å²) in [5.41, 5.74) is 4.34. The van der Waals surface area contributed by atoms with Gasteiger partial charge in [-0.3, -0.25) is 4.90 Å². The second kappa shape index (κ2) is 5.50. The highest BCUT2D eigenvalue weighted by atomic mass is 15.2. The third kappa shape index (κ3) is 2.29. The molecular formula is C18H28N2. The van der Waals surface area contributed by atoms with Gasteiger partial charge in [-0.2, -0.15) is 0 Å². The highest BCUT2D eigenvalue weighted by Crippen LogP contribution is 2.40. The van der Waals surface area contributed by atoms with Crippen LogP contribution in [0.1, 0.15) is 43.0 Å². The topological polar surface area (TPSA) is 15.3 Å². The maximum absolute atomic E-state index is 3.58. The van der Waals surface area contributed by atoms with E-state index in [-0.39, 0.29) is 0 Å². The van der Waals surface area contributed by atoms with Gasteiger partial charge in [0, 0.05) is 18.6 Å². The Morgan fingerprint density at radius 3 is 2.85 bits per heavy atom. The predicted octanol–water partition coefficient (Wildman–Crippen LogP) is 3.29. The van der Waals surface area contributed by atoms with Crippen molar-refractivity contribution in [3.63, 3.8) is 0 Å². The van der Waals surface area contributed by atoms with Crippen molar-refractivity contribution < 1.29 is 0 Å². The fourth-order valence-corrected chi connectivity index (χ4v) is 4.43. The molecule has 4 atom stereocenters. The molecule has 2 fully saturated rings. The van der Waals surface area contributed by atoms with Crippen molar-refractivity contribution in [1.82, 2.24) is 10.2 Å². The number of likely N-dealkylation sites (tertiary alicyclic amines) is 1. The minimum atomic E-state index is 0.547. The molecule has 0 saturated carbocycles. The molecule has 0 aromatic heterocycles. The Morgan fingerprint density at radius 1 is 1.30 bits per heavy atom. The summed E-state index contributed by atoms with van der Waals surface area (Å²) in [4.78, 5) is 2.78. The molecule has 2 nitrogen and oxygen atoms in total. The number of hydrogen-bond acceptors (Lipinski definition) is 2. The van der Waals surface area contributed by atoms with Gasteiger partial charge in [0.2, 0.25) is 0 Å². The minimum Gasteiger partial charge on any atom is -0.316 e. The van der Waals surface area contributed by atoms with E-state index >= 15 is 0 Å². The zero-order valence-corrected chi connectivity index (χ0v) is 13.3. The van der Waals surface area contributed by atoms with Crippen LogP contribution >= 0.6 is 0 Å². The number of aryl methyl sites for hydroxylation is 2. The monoisotopic (exact) mass is 272 g/mol. The molecule has 20 heavy (non-hydrogen) atoms. The van der Waals surface area contributed by atoms with E-state index < -0.39 is 0 Å². The SMILES string of the molecule is CCC1C2CNCC2CN1C(C)c1cc(C)ccc1C. The lowest BCUT2D eigenvalue weighted by atomic mass is 9.92. The van der Waals surface area contributed by atoms with E-state index in [0.717, 1.165) is 17.9 Å². The predicted molar refractivity (Wildman–Crippen MR) is 85.0 cm³/mol. The summed E-state index contributed by atoms with van der Waals surface area (Å²) in [7, 11) is 0. The Morgan fingerprint density at radius 2 is 2.10 bits per heavy atom. The second-order valence-electron chi connectivity index (χ2n) is 6.79. The molecule has 0 amide bonds. The number of hydrogen-bond donors (Lipinski definition) is 1. The molecular weight excluding hydrogens is 244 g/mol. The van der Waals surface area contributed by atoms with E-state index in [0.29, 0.717) is 6.04 Å². The molecule has 2 aliphatic rings. The third-order valence-corrected chi connectivity index (χ3v) is 5.56. The summed E-state index contributed by atoms with van der Waals surface area (Å²) in [6.45, 7) is 12.9. The first-order valence-electron chi connectivity index (χ1n) is 8.15. The maximum Gasteiger partial charge on any atom is 0.0325 e. The summed E-state index contributed by atoms with van der Waals surface area (Å²) in [6, 6.07) is 8.20. The van der Waals surface area contributed by atoms with Gasteiger partial charge in [-0.15, -0.1) is 0 Å². The van der Waals surface area contributed by atoms with Crippen LogP contribution in [-0.2, 0) is 0 Å². The molecule has 2 saturated heterocycles. The van der Waals surface area contributed by atoms with Crippen molar-refractivity contribution in [3.8, 4) is 0 Å². The molecule has 2 heterocycles. The van der Waals surface area contributed by atoms with Gasteiger partial charge in [0.05, 0.1) is 0 Å². The van der Waals surface area contributed by atoms with E-state index in [1.165, 1.54) is 42.7 Å². The fourth-order valence-electron chi connectivity index (χ4n) is 4.43. The number of rotatable bonds is 3. The molecule has 0 bridgehead atoms. The van der Waals surface area contributed by atoms with Crippen molar-refractivity contribution >= 4 is 0 Å². The Hall–Kier alpha value is -0.860. The number of nitrogens with one attached hydrogen (secondary N) is 1. The first-order valence-corrected chi connectivity index (χ1v) is 8.15. The molecule has 1 aromatic rings. The minimum absolute atomic E-state index is 0.547. The summed E-state index contributed by atoms with van der Waals surface area (Å²) in [6.07, 6.45) is 1.28. The van der Waals surface area contributed by atoms with Gasteiger partial charge >= 0.3 is 0 Å². The van der Waals surface area contributed by atoms with Gasteiger partial charge in [-0.1, -0.05) is 30.7 Å². The summed E-state index contributed by atoms with van der Waals surface area (Å²) < 4.78 is 0. The van der Waals surface area contributed by atoms with Crippen LogP contribution in [-0.4, -0.2) is 30.6 Å². The normalized spacial score (nSPS) is 31.5. The van der Waals surface area contributed by atoms with E-state index in [4.69, 9.17) is 0 Å². The molecule has 1 aromatic carbocycles. The van der Waals surface area contributed by atoms with Crippen molar-refractivity contribution in [3.05, 3.63) is 34.9 Å². The average molecular weight is 272 g/mol. The highest BCUT2D eigenvalue weighted by molar-refractivity contribution is 5.33. The summed E-state index contributed by atoms with van der Waals surface area (Å²) >= 11 is 0. The molecule has 2 aliphatic heterocycles. The first-order chi connectivity index (χ1) is 9.61. The van der Waals surface area contributed by atoms with Crippen molar-refractivity contribution in [2.45, 2.75) is 46.2 Å². The van der Waals surface area contributed by atoms with Gasteiger partial charge in [-0.05, 0) is 63.2 Å². The lowest BCUT2D eigenvalue weighted by molar-refractivity contribution is 0.165. The molecule has 1 N–H and O–H groups in total. The van der Waals surface area contributed by atoms with Crippen LogP contribution in [0.15, 0.2) is 18.2 Å². The third-order valence-electron chi connectivity index (χ3n) is 5.56. The maximum atomic E-state index is 3.58. The highest BCUT2D eigenvalue weighted by Gasteiger charge is 2.44. The Bertz CT molecular complexity index is 482. The zero-order valence-electron chi connectivity index (χ0n) is 13.3. The second-order valence-corrected chi connectivity index (χ2v) is 6.79. The molecule has 0 aliphatic carbocycles. The van der Waals surface area contributed by atoms with Crippen molar-refractivity contribution in [2.24, 2.45) is 11.8 Å². The van der Waals surface area contributed by atoms with Gasteiger partial charge in [-0.25, -0.2) is 0 Å². The van der Waals surface area contributed by atoms with Crippen LogP contribution in [0.5, 0.6) is 0 Å². The smallest absolute Gasteiger partial charge is 0.0325 e. The Labute approximate surface area is 123 Å². The average Bonchev–Trinajstić information content (AvgIpc) is 3.00. The zero-order chi connectivity index (χ0) is 14.3. The van der Waals surface area contributed by atoms with Crippen LogP contribution in [0, 0.1) is 25.7 Å². The van der Waals surface area contributed by atoms with Crippen LogP contribution in [0.25, 0.3) is 0 Å². The first kappa shape index (κ1) is 14.1. The largest absolute Gasteiger partial charge is 0.316 e. The van der Waals surface area contributed by atoms with Crippen molar-refractivity contribution in [1.29, 1.82) is 0 Å². The Kier molecular flexibility index (Phi) is 3.87. The van der Waals surface area contributed by atoms with E-state index in [9.17, 15) is 0 Å². The van der Waals surface area contributed by atoms with E-state index in [2.05, 4.69) is 56.1 Å². The molecule has 4 unspecified atom stereocenters. The van der Waals surface area contributed by atoms with E-state index in [1.54, 1.807) is 0 Å². The van der Waals surface area contributed by atoms with Crippen LogP contribution in [0.2, 0.25) is 0 Å². The van der Waals surface area contributed by atoms with E-state index in [1.807, 2.05) is 0 Å². The lowest BCUT2D eigenvalue weighted by Gasteiger charge is -2.33. The summed E-state index contributed by atoms with van der Waals surface area (Å²) in [5.74, 6) is 1.74. The van der Waals surface area contributed by atoms with Gasteiger partial charge in [0.1, 0.15) is 0 Å². The number of benzene rings is 1. The number of fused-ring (bicyclic) bond motifs is 1. The van der Waals surface area contributed by atoms with Crippen molar-refractivity contribution in [2.75, 3.05) is 19.6 Å². The summed E-state index contributed by atoms with van der Waals surface area (Å²) in [5, 5.41) is 3.58. The fraction of sp³-hybridized carbons (Fsp3) is 0.667. The lowest BCUT2D eigenvalue weighted by Crippen LogP contribution is -2.37. The standard InChI is InChI=1S/C18H28N2/c1-5-18-17-10-19-9-15(17)11-20(18)14(4)16-8-12(2)6-7-13(16)3/h6-8,14-15,17-19H,5,9-11H2,1-4H3. The van der Waals surface area contributed by atoms with Crippen LogP contribution in [0.3, 0.4) is 0 Å². The quantitative estimate of drug-likeness (QED) is 0.908. The van der Waals surface area contributed by atoms with Gasteiger partial charge < -0.3 is 5.32 Å². The van der Waals surface area contributed by atoms with Crippen LogP contribution < -0.4 is 5.32 Å². The molecule has 0 spiro atoms. The number of nitrogens with zero attached hydrogens (tertiary/aromatic N) is 1.